The molecule has 0 radical (unpaired) electrons. The molecule has 6 nitrogen and oxygen atoms in total. The van der Waals surface area contributed by atoms with Gasteiger partial charge in [-0.1, -0.05) is 0 Å². The Bertz CT molecular complexity index is 602. The number of hydrogen-bond acceptors (Lipinski definition) is 5. The zero-order valence-electron chi connectivity index (χ0n) is 10.9. The van der Waals surface area contributed by atoms with E-state index in [9.17, 15) is 8.42 Å². The molecule has 1 aliphatic heterocycles. The summed E-state index contributed by atoms with van der Waals surface area (Å²) in [6.07, 6.45) is 1.24. The van der Waals surface area contributed by atoms with E-state index >= 15 is 0 Å². The van der Waals surface area contributed by atoms with Crippen molar-refractivity contribution in [1.29, 1.82) is 5.26 Å². The van der Waals surface area contributed by atoms with Gasteiger partial charge in [-0.15, -0.1) is 0 Å². The van der Waals surface area contributed by atoms with Crippen molar-refractivity contribution in [1.82, 2.24) is 14.6 Å². The second kappa shape index (κ2) is 4.89. The van der Waals surface area contributed by atoms with Crippen LogP contribution in [0, 0.1) is 11.3 Å². The second-order valence-corrected chi connectivity index (χ2v) is 6.92. The van der Waals surface area contributed by atoms with Crippen LogP contribution < -0.4 is 5.32 Å². The number of nitriles is 1. The lowest BCUT2D eigenvalue weighted by Crippen LogP contribution is -2.59. The molecule has 19 heavy (non-hydrogen) atoms. The Morgan fingerprint density at radius 1 is 1.47 bits per heavy atom. The van der Waals surface area contributed by atoms with Gasteiger partial charge in [-0.2, -0.15) is 9.57 Å². The van der Waals surface area contributed by atoms with Crippen LogP contribution >= 0.6 is 0 Å². The van der Waals surface area contributed by atoms with E-state index in [1.54, 1.807) is 0 Å². The summed E-state index contributed by atoms with van der Waals surface area (Å²) in [5.41, 5.74) is -0.274. The van der Waals surface area contributed by atoms with Gasteiger partial charge in [0, 0.05) is 31.4 Å². The van der Waals surface area contributed by atoms with E-state index < -0.39 is 15.6 Å². The van der Waals surface area contributed by atoms with Crippen LogP contribution in [0.2, 0.25) is 0 Å². The molecule has 1 N–H and O–H groups in total. The molecule has 0 saturated carbocycles. The summed E-state index contributed by atoms with van der Waals surface area (Å²) in [5.74, 6) is 0. The maximum Gasteiger partial charge on any atom is 0.245 e. The minimum Gasteiger partial charge on any atom is -0.314 e. The topological polar surface area (TPSA) is 86.1 Å². The normalized spacial score (nSPS) is 19.8. The van der Waals surface area contributed by atoms with E-state index in [1.165, 1.54) is 22.6 Å². The van der Waals surface area contributed by atoms with E-state index in [2.05, 4.69) is 10.3 Å². The predicted molar refractivity (Wildman–Crippen MR) is 69.8 cm³/mol. The lowest BCUT2D eigenvalue weighted by Gasteiger charge is -2.41. The molecule has 0 spiro atoms. The first-order valence-corrected chi connectivity index (χ1v) is 7.42. The number of nitrogens with one attached hydrogen (secondary N) is 1. The summed E-state index contributed by atoms with van der Waals surface area (Å²) < 4.78 is 26.6. The van der Waals surface area contributed by atoms with Gasteiger partial charge in [0.05, 0.1) is 0 Å². The molecule has 0 atom stereocenters. The first-order valence-electron chi connectivity index (χ1n) is 5.98. The van der Waals surface area contributed by atoms with Crippen molar-refractivity contribution < 1.29 is 8.42 Å². The summed E-state index contributed by atoms with van der Waals surface area (Å²) in [6, 6.07) is 4.72. The van der Waals surface area contributed by atoms with Crippen LogP contribution in [-0.2, 0) is 10.0 Å². The van der Waals surface area contributed by atoms with E-state index in [0.29, 0.717) is 19.6 Å². The van der Waals surface area contributed by atoms with Crippen LogP contribution in [0.1, 0.15) is 19.5 Å². The Kier molecular flexibility index (Phi) is 3.58. The van der Waals surface area contributed by atoms with Crippen LogP contribution in [0.5, 0.6) is 0 Å². The Balaban J connectivity index is 2.38. The van der Waals surface area contributed by atoms with Gasteiger partial charge in [0.1, 0.15) is 16.7 Å². The number of sulfonamides is 1. The standard InChI is InChI=1S/C12H16N4O2S/c1-12(2)9-14-5-6-16(12)19(17,18)11-4-3-10(7-13)15-8-11/h3-4,8,14H,5-6,9H2,1-2H3. The molecule has 1 fully saturated rings. The van der Waals surface area contributed by atoms with Gasteiger partial charge in [0.15, 0.2) is 0 Å². The number of hydrogen-bond donors (Lipinski definition) is 1. The highest BCUT2D eigenvalue weighted by molar-refractivity contribution is 7.89. The molecule has 0 amide bonds. The van der Waals surface area contributed by atoms with Gasteiger partial charge in [0.25, 0.3) is 0 Å². The molecule has 1 saturated heterocycles. The lowest BCUT2D eigenvalue weighted by molar-refractivity contribution is 0.186. The third-order valence-corrected chi connectivity index (χ3v) is 5.26. The second-order valence-electron chi connectivity index (χ2n) is 5.06. The van der Waals surface area contributed by atoms with Crippen molar-refractivity contribution in [2.45, 2.75) is 24.3 Å². The largest absolute Gasteiger partial charge is 0.314 e. The highest BCUT2D eigenvalue weighted by atomic mass is 32.2. The molecular weight excluding hydrogens is 264 g/mol. The zero-order valence-corrected chi connectivity index (χ0v) is 11.7. The fourth-order valence-electron chi connectivity index (χ4n) is 2.14. The van der Waals surface area contributed by atoms with Crippen LogP contribution in [0.15, 0.2) is 23.2 Å². The van der Waals surface area contributed by atoms with Crippen molar-refractivity contribution in [3.8, 4) is 6.07 Å². The maximum absolute atomic E-state index is 12.6. The van der Waals surface area contributed by atoms with Crippen molar-refractivity contribution in [2.75, 3.05) is 19.6 Å². The number of aromatic nitrogens is 1. The maximum atomic E-state index is 12.6. The van der Waals surface area contributed by atoms with Crippen LogP contribution in [0.3, 0.4) is 0 Å². The summed E-state index contributed by atoms with van der Waals surface area (Å²) >= 11 is 0. The highest BCUT2D eigenvalue weighted by Gasteiger charge is 2.39. The Hall–Kier alpha value is -1.49. The molecule has 0 aromatic carbocycles. The summed E-state index contributed by atoms with van der Waals surface area (Å²) in [4.78, 5) is 3.95. The average Bonchev–Trinajstić information content (AvgIpc) is 2.38. The van der Waals surface area contributed by atoms with Crippen LogP contribution in [0.4, 0.5) is 0 Å². The van der Waals surface area contributed by atoms with Crippen molar-refractivity contribution in [3.63, 3.8) is 0 Å². The first kappa shape index (κ1) is 13.9. The molecule has 1 aliphatic rings. The fraction of sp³-hybridized carbons (Fsp3) is 0.500. The number of pyridine rings is 1. The quantitative estimate of drug-likeness (QED) is 0.843. The molecule has 7 heteroatoms. The van der Waals surface area contributed by atoms with Crippen molar-refractivity contribution >= 4 is 10.0 Å². The van der Waals surface area contributed by atoms with Gasteiger partial charge in [-0.25, -0.2) is 13.4 Å². The van der Waals surface area contributed by atoms with E-state index in [1.807, 2.05) is 19.9 Å². The van der Waals surface area contributed by atoms with E-state index in [-0.39, 0.29) is 10.6 Å². The third kappa shape index (κ3) is 2.61. The minimum absolute atomic E-state index is 0.126. The Morgan fingerprint density at radius 2 is 2.21 bits per heavy atom. The lowest BCUT2D eigenvalue weighted by atomic mass is 10.0. The fourth-order valence-corrected chi connectivity index (χ4v) is 3.86. The molecule has 2 rings (SSSR count). The first-order chi connectivity index (χ1) is 8.88. The molecule has 0 unspecified atom stereocenters. The Morgan fingerprint density at radius 3 is 2.74 bits per heavy atom. The summed E-state index contributed by atoms with van der Waals surface area (Å²) in [7, 11) is -3.57. The molecule has 0 aliphatic carbocycles. The molecule has 102 valence electrons. The monoisotopic (exact) mass is 280 g/mol. The van der Waals surface area contributed by atoms with Crippen LogP contribution in [0.25, 0.3) is 0 Å². The van der Waals surface area contributed by atoms with Crippen LogP contribution in [-0.4, -0.2) is 42.9 Å². The number of rotatable bonds is 2. The smallest absolute Gasteiger partial charge is 0.245 e. The van der Waals surface area contributed by atoms with Gasteiger partial charge in [-0.3, -0.25) is 0 Å². The van der Waals surface area contributed by atoms with Gasteiger partial charge < -0.3 is 5.32 Å². The highest BCUT2D eigenvalue weighted by Crippen LogP contribution is 2.25. The molecule has 1 aromatic heterocycles. The molecular formula is C12H16N4O2S. The third-order valence-electron chi connectivity index (χ3n) is 3.16. The number of piperazine rings is 1. The van der Waals surface area contributed by atoms with Gasteiger partial charge >= 0.3 is 0 Å². The minimum atomic E-state index is -3.57. The zero-order chi connectivity index (χ0) is 14.1. The van der Waals surface area contributed by atoms with Crippen molar-refractivity contribution in [2.24, 2.45) is 0 Å². The van der Waals surface area contributed by atoms with E-state index in [4.69, 9.17) is 5.26 Å². The molecule has 1 aromatic rings. The molecule has 0 bridgehead atoms. The van der Waals surface area contributed by atoms with E-state index in [0.717, 1.165) is 0 Å². The van der Waals surface area contributed by atoms with Gasteiger partial charge in [0.2, 0.25) is 10.0 Å². The SMILES string of the molecule is CC1(C)CNCCN1S(=O)(=O)c1ccc(C#N)nc1. The Labute approximate surface area is 113 Å². The van der Waals surface area contributed by atoms with Crippen molar-refractivity contribution in [3.05, 3.63) is 24.0 Å². The summed E-state index contributed by atoms with van der Waals surface area (Å²) in [6.45, 7) is 5.43. The summed E-state index contributed by atoms with van der Waals surface area (Å²) in [5, 5.41) is 11.9. The predicted octanol–water partition coefficient (Wildman–Crippen LogP) is 0.326. The number of nitrogens with zero attached hydrogens (tertiary/aromatic N) is 3. The average molecular weight is 280 g/mol. The molecule has 2 heterocycles. The van der Waals surface area contributed by atoms with Gasteiger partial charge in [-0.05, 0) is 26.0 Å².